The lowest BCUT2D eigenvalue weighted by atomic mass is 9.68. The zero-order valence-corrected chi connectivity index (χ0v) is 10.7. The van der Waals surface area contributed by atoms with Crippen LogP contribution < -0.4 is 0 Å². The van der Waals surface area contributed by atoms with E-state index in [0.717, 1.165) is 24.3 Å². The summed E-state index contributed by atoms with van der Waals surface area (Å²) in [5.41, 5.74) is 1.35. The van der Waals surface area contributed by atoms with Crippen LogP contribution in [-0.2, 0) is 0 Å². The second kappa shape index (κ2) is 4.69. The molecule has 1 unspecified atom stereocenters. The highest BCUT2D eigenvalue weighted by molar-refractivity contribution is 5.01. The normalized spacial score (nSPS) is 29.9. The van der Waals surface area contributed by atoms with Crippen LogP contribution in [0, 0.1) is 17.3 Å². The first-order valence-corrected chi connectivity index (χ1v) is 6.16. The molecule has 15 heavy (non-hydrogen) atoms. The Bertz CT molecular complexity index is 216. The molecule has 1 nitrogen and oxygen atoms in total. The summed E-state index contributed by atoms with van der Waals surface area (Å²) < 4.78 is 0. The molecule has 0 radical (unpaired) electrons. The highest BCUT2D eigenvalue weighted by Crippen LogP contribution is 2.41. The Labute approximate surface area is 94.6 Å². The fourth-order valence-electron chi connectivity index (χ4n) is 2.70. The van der Waals surface area contributed by atoms with E-state index in [-0.39, 0.29) is 6.10 Å². The average molecular weight is 210 g/mol. The van der Waals surface area contributed by atoms with Gasteiger partial charge in [0.2, 0.25) is 0 Å². The van der Waals surface area contributed by atoms with Crippen molar-refractivity contribution in [2.45, 2.75) is 59.5 Å². The van der Waals surface area contributed by atoms with Gasteiger partial charge in [0.25, 0.3) is 0 Å². The van der Waals surface area contributed by atoms with Crippen molar-refractivity contribution < 1.29 is 5.11 Å². The number of rotatable bonds is 2. The van der Waals surface area contributed by atoms with Gasteiger partial charge < -0.3 is 5.11 Å². The lowest BCUT2D eigenvalue weighted by molar-refractivity contribution is 0.0743. The van der Waals surface area contributed by atoms with Crippen molar-refractivity contribution >= 4 is 0 Å². The van der Waals surface area contributed by atoms with Crippen LogP contribution in [0.2, 0.25) is 0 Å². The molecule has 1 N–H and O–H groups in total. The molecule has 0 aromatic carbocycles. The first-order chi connectivity index (χ1) is 6.82. The van der Waals surface area contributed by atoms with Crippen LogP contribution in [0.3, 0.4) is 0 Å². The van der Waals surface area contributed by atoms with Crippen molar-refractivity contribution in [1.82, 2.24) is 0 Å². The maximum atomic E-state index is 9.94. The number of aliphatic hydroxyl groups is 1. The predicted octanol–water partition coefficient (Wildman–Crippen LogP) is 3.78. The fourth-order valence-corrected chi connectivity index (χ4v) is 2.70. The Morgan fingerprint density at radius 1 is 1.20 bits per heavy atom. The van der Waals surface area contributed by atoms with Crippen molar-refractivity contribution in [1.29, 1.82) is 0 Å². The van der Waals surface area contributed by atoms with E-state index in [4.69, 9.17) is 0 Å². The summed E-state index contributed by atoms with van der Waals surface area (Å²) in [5.74, 6) is 1.28. The third-order valence-electron chi connectivity index (χ3n) is 3.95. The Kier molecular flexibility index (Phi) is 3.99. The van der Waals surface area contributed by atoms with E-state index in [1.54, 1.807) is 0 Å². The Hall–Kier alpha value is -0.300. The molecule has 0 saturated heterocycles. The molecule has 0 bridgehead atoms. The smallest absolute Gasteiger partial charge is 0.0772 e. The third-order valence-corrected chi connectivity index (χ3v) is 3.95. The molecular weight excluding hydrogens is 184 g/mol. The first-order valence-electron chi connectivity index (χ1n) is 6.16. The Morgan fingerprint density at radius 3 is 2.00 bits per heavy atom. The van der Waals surface area contributed by atoms with Gasteiger partial charge in [-0.05, 0) is 49.9 Å². The van der Waals surface area contributed by atoms with Crippen molar-refractivity contribution in [3.8, 4) is 0 Å². The molecule has 1 heteroatoms. The highest BCUT2D eigenvalue weighted by atomic mass is 16.3. The third kappa shape index (κ3) is 3.34. The maximum absolute atomic E-state index is 9.94. The van der Waals surface area contributed by atoms with E-state index < -0.39 is 0 Å². The topological polar surface area (TPSA) is 20.2 Å². The second-order valence-electron chi connectivity index (χ2n) is 6.27. The molecule has 1 atom stereocenters. The van der Waals surface area contributed by atoms with E-state index in [2.05, 4.69) is 27.4 Å². The predicted molar refractivity (Wildman–Crippen MR) is 65.7 cm³/mol. The van der Waals surface area contributed by atoms with Gasteiger partial charge in [0.1, 0.15) is 0 Å². The van der Waals surface area contributed by atoms with Gasteiger partial charge in [0, 0.05) is 0 Å². The molecule has 0 aromatic rings. The van der Waals surface area contributed by atoms with Gasteiger partial charge in [-0.3, -0.25) is 0 Å². The molecule has 0 amide bonds. The zero-order chi connectivity index (χ0) is 11.6. The van der Waals surface area contributed by atoms with Crippen LogP contribution in [0.25, 0.3) is 0 Å². The minimum atomic E-state index is -0.272. The molecule has 1 saturated carbocycles. The standard InChI is InChI=1S/C14H26O/c1-10(2)13(15)11-6-8-12(9-7-11)14(3,4)5/h11-13,15H,1,6-9H2,2-5H3. The molecule has 1 aliphatic carbocycles. The monoisotopic (exact) mass is 210 g/mol. The summed E-state index contributed by atoms with van der Waals surface area (Å²) in [6, 6.07) is 0. The summed E-state index contributed by atoms with van der Waals surface area (Å²) >= 11 is 0. The van der Waals surface area contributed by atoms with E-state index >= 15 is 0 Å². The van der Waals surface area contributed by atoms with E-state index in [1.807, 2.05) is 6.92 Å². The van der Waals surface area contributed by atoms with Crippen LogP contribution >= 0.6 is 0 Å². The highest BCUT2D eigenvalue weighted by Gasteiger charge is 2.32. The molecule has 0 spiro atoms. The average Bonchev–Trinajstić information content (AvgIpc) is 2.15. The zero-order valence-electron chi connectivity index (χ0n) is 10.7. The summed E-state index contributed by atoms with van der Waals surface area (Å²) in [7, 11) is 0. The first kappa shape index (κ1) is 12.8. The molecule has 1 aliphatic rings. The van der Waals surface area contributed by atoms with Gasteiger partial charge in [0.05, 0.1) is 6.10 Å². The van der Waals surface area contributed by atoms with Crippen molar-refractivity contribution in [3.63, 3.8) is 0 Å². The van der Waals surface area contributed by atoms with E-state index in [1.165, 1.54) is 12.8 Å². The summed E-state index contributed by atoms with van der Waals surface area (Å²) in [5, 5.41) is 9.94. The van der Waals surface area contributed by atoms with Crippen LogP contribution in [0.15, 0.2) is 12.2 Å². The number of aliphatic hydroxyl groups excluding tert-OH is 1. The van der Waals surface area contributed by atoms with E-state index in [9.17, 15) is 5.11 Å². The molecule has 1 rings (SSSR count). The SMILES string of the molecule is C=C(C)C(O)C1CCC(C(C)(C)C)CC1. The van der Waals surface area contributed by atoms with Crippen molar-refractivity contribution in [3.05, 3.63) is 12.2 Å². The summed E-state index contributed by atoms with van der Waals surface area (Å²) in [6.07, 6.45) is 4.58. The van der Waals surface area contributed by atoms with Crippen molar-refractivity contribution in [2.75, 3.05) is 0 Å². The van der Waals surface area contributed by atoms with Crippen LogP contribution in [0.1, 0.15) is 53.4 Å². The number of hydrogen-bond donors (Lipinski definition) is 1. The van der Waals surface area contributed by atoms with Crippen molar-refractivity contribution in [2.24, 2.45) is 17.3 Å². The van der Waals surface area contributed by atoms with Crippen LogP contribution in [0.4, 0.5) is 0 Å². The van der Waals surface area contributed by atoms with Gasteiger partial charge in [-0.15, -0.1) is 0 Å². The van der Waals surface area contributed by atoms with Gasteiger partial charge in [-0.25, -0.2) is 0 Å². The fraction of sp³-hybridized carbons (Fsp3) is 0.857. The molecule has 0 aromatic heterocycles. The molecule has 0 aliphatic heterocycles. The van der Waals surface area contributed by atoms with Gasteiger partial charge in [0.15, 0.2) is 0 Å². The lowest BCUT2D eigenvalue weighted by Gasteiger charge is -2.38. The Balaban J connectivity index is 2.46. The molecule has 88 valence electrons. The summed E-state index contributed by atoms with van der Waals surface area (Å²) in [6.45, 7) is 12.8. The lowest BCUT2D eigenvalue weighted by Crippen LogP contribution is -2.31. The molecular formula is C14H26O. The maximum Gasteiger partial charge on any atom is 0.0772 e. The largest absolute Gasteiger partial charge is 0.388 e. The minimum Gasteiger partial charge on any atom is -0.388 e. The van der Waals surface area contributed by atoms with Gasteiger partial charge in [-0.2, -0.15) is 0 Å². The van der Waals surface area contributed by atoms with Crippen LogP contribution in [-0.4, -0.2) is 11.2 Å². The molecule has 0 heterocycles. The van der Waals surface area contributed by atoms with Gasteiger partial charge in [-0.1, -0.05) is 32.9 Å². The Morgan fingerprint density at radius 2 is 1.67 bits per heavy atom. The minimum absolute atomic E-state index is 0.272. The number of hydrogen-bond acceptors (Lipinski definition) is 1. The quantitative estimate of drug-likeness (QED) is 0.688. The summed E-state index contributed by atoms with van der Waals surface area (Å²) in [4.78, 5) is 0. The van der Waals surface area contributed by atoms with E-state index in [0.29, 0.717) is 11.3 Å². The van der Waals surface area contributed by atoms with Crippen LogP contribution in [0.5, 0.6) is 0 Å². The molecule has 1 fully saturated rings. The second-order valence-corrected chi connectivity index (χ2v) is 6.27. The van der Waals surface area contributed by atoms with Gasteiger partial charge >= 0.3 is 0 Å².